The Balaban J connectivity index is 1.50. The zero-order valence-corrected chi connectivity index (χ0v) is 17.9. The zero-order chi connectivity index (χ0) is 23.1. The fraction of sp³-hybridized carbons (Fsp3) is 0.192. The van der Waals surface area contributed by atoms with Gasteiger partial charge in [-0.2, -0.15) is 0 Å². The molecule has 0 unspecified atom stereocenters. The summed E-state index contributed by atoms with van der Waals surface area (Å²) in [5.74, 6) is -1.08. The van der Waals surface area contributed by atoms with Crippen molar-refractivity contribution in [2.24, 2.45) is 5.16 Å². The minimum Gasteiger partial charge on any atom is -0.488 e. The van der Waals surface area contributed by atoms with Crippen LogP contribution in [0.2, 0.25) is 0 Å². The van der Waals surface area contributed by atoms with E-state index in [1.807, 2.05) is 84.9 Å². The molecular weight excluding hydrogens is 420 g/mol. The van der Waals surface area contributed by atoms with Gasteiger partial charge < -0.3 is 20.0 Å². The predicted octanol–water partition coefficient (Wildman–Crippen LogP) is 3.92. The predicted molar refractivity (Wildman–Crippen MR) is 123 cm³/mol. The highest BCUT2D eigenvalue weighted by atomic mass is 16.7. The number of carbonyl (C=O) groups is 2. The van der Waals surface area contributed by atoms with Crippen molar-refractivity contribution < 1.29 is 24.3 Å². The molecule has 0 spiro atoms. The van der Waals surface area contributed by atoms with Gasteiger partial charge in [0.15, 0.2) is 0 Å². The second kappa shape index (κ2) is 9.99. The number of aliphatic carboxylic acids is 1. The summed E-state index contributed by atoms with van der Waals surface area (Å²) in [6.07, 6.45) is -0.487. The van der Waals surface area contributed by atoms with Gasteiger partial charge in [-0.05, 0) is 23.3 Å². The number of hydrogen-bond acceptors (Lipinski definition) is 5. The van der Waals surface area contributed by atoms with Gasteiger partial charge in [0, 0.05) is 18.5 Å². The summed E-state index contributed by atoms with van der Waals surface area (Å²) in [5.41, 5.74) is 1.42. The molecule has 1 aliphatic rings. The summed E-state index contributed by atoms with van der Waals surface area (Å²) in [6, 6.07) is 26.4. The molecule has 33 heavy (non-hydrogen) atoms. The molecule has 0 aliphatic carbocycles. The normalized spacial score (nSPS) is 17.0. The van der Waals surface area contributed by atoms with E-state index in [0.29, 0.717) is 23.6 Å². The molecule has 0 fully saturated rings. The first-order valence-electron chi connectivity index (χ1n) is 10.6. The lowest BCUT2D eigenvalue weighted by Gasteiger charge is -2.23. The van der Waals surface area contributed by atoms with E-state index in [2.05, 4.69) is 10.5 Å². The molecule has 0 saturated carbocycles. The van der Waals surface area contributed by atoms with Crippen molar-refractivity contribution >= 4 is 17.6 Å². The molecule has 1 atom stereocenters. The molecule has 1 heterocycles. The summed E-state index contributed by atoms with van der Waals surface area (Å²) in [6.45, 7) is 0.625. The van der Waals surface area contributed by atoms with E-state index in [4.69, 9.17) is 9.57 Å². The highest BCUT2D eigenvalue weighted by Crippen LogP contribution is 2.33. The van der Waals surface area contributed by atoms with Crippen molar-refractivity contribution in [3.63, 3.8) is 0 Å². The molecule has 7 heteroatoms. The van der Waals surface area contributed by atoms with Crippen LogP contribution in [0.25, 0.3) is 0 Å². The summed E-state index contributed by atoms with van der Waals surface area (Å²) < 4.78 is 6.00. The third-order valence-corrected chi connectivity index (χ3v) is 5.37. The Morgan fingerprint density at radius 1 is 0.939 bits per heavy atom. The molecule has 0 radical (unpaired) electrons. The first-order valence-corrected chi connectivity index (χ1v) is 10.6. The maximum atomic E-state index is 13.0. The number of rotatable bonds is 9. The number of carbonyl (C=O) groups excluding carboxylic acids is 1. The molecule has 1 amide bonds. The van der Waals surface area contributed by atoms with Crippen molar-refractivity contribution in [2.75, 3.05) is 0 Å². The Bertz CT molecular complexity index is 1150. The van der Waals surface area contributed by atoms with Gasteiger partial charge >= 0.3 is 5.97 Å². The maximum Gasteiger partial charge on any atom is 0.308 e. The molecule has 0 bridgehead atoms. The van der Waals surface area contributed by atoms with Crippen LogP contribution in [0.5, 0.6) is 5.75 Å². The first-order chi connectivity index (χ1) is 16.1. The summed E-state index contributed by atoms with van der Waals surface area (Å²) in [7, 11) is 0. The molecule has 1 aliphatic heterocycles. The summed E-state index contributed by atoms with van der Waals surface area (Å²) >= 11 is 0. The van der Waals surface area contributed by atoms with Crippen LogP contribution in [-0.4, -0.2) is 28.3 Å². The number of benzene rings is 3. The van der Waals surface area contributed by atoms with Crippen LogP contribution in [0.3, 0.4) is 0 Å². The van der Waals surface area contributed by atoms with Crippen LogP contribution >= 0.6 is 0 Å². The molecule has 0 saturated heterocycles. The van der Waals surface area contributed by atoms with Gasteiger partial charge in [0.25, 0.3) is 5.91 Å². The molecule has 7 nitrogen and oxygen atoms in total. The Kier molecular flexibility index (Phi) is 6.69. The lowest BCUT2D eigenvalue weighted by Crippen LogP contribution is -2.48. The minimum atomic E-state index is -1.62. The lowest BCUT2D eigenvalue weighted by molar-refractivity contribution is -0.156. The van der Waals surface area contributed by atoms with Crippen molar-refractivity contribution in [3.05, 3.63) is 102 Å². The third-order valence-electron chi connectivity index (χ3n) is 5.37. The van der Waals surface area contributed by atoms with E-state index in [9.17, 15) is 14.7 Å². The van der Waals surface area contributed by atoms with Gasteiger partial charge in [0.2, 0.25) is 5.60 Å². The van der Waals surface area contributed by atoms with Crippen molar-refractivity contribution in [3.8, 4) is 5.75 Å². The number of amides is 1. The van der Waals surface area contributed by atoms with E-state index >= 15 is 0 Å². The number of carboxylic acid groups (broad SMARTS) is 1. The average molecular weight is 444 g/mol. The van der Waals surface area contributed by atoms with E-state index in [1.54, 1.807) is 0 Å². The van der Waals surface area contributed by atoms with Crippen LogP contribution in [0, 0.1) is 0 Å². The second-order valence-electron chi connectivity index (χ2n) is 7.81. The van der Waals surface area contributed by atoms with Gasteiger partial charge in [-0.1, -0.05) is 78.0 Å². The Morgan fingerprint density at radius 3 is 2.27 bits per heavy atom. The zero-order valence-electron chi connectivity index (χ0n) is 17.9. The topological polar surface area (TPSA) is 97.2 Å². The van der Waals surface area contributed by atoms with Gasteiger partial charge in [0.1, 0.15) is 12.4 Å². The molecule has 3 aromatic carbocycles. The summed E-state index contributed by atoms with van der Waals surface area (Å²) in [5, 5.41) is 16.4. The van der Waals surface area contributed by atoms with Gasteiger partial charge in [-0.3, -0.25) is 9.59 Å². The van der Waals surface area contributed by atoms with Crippen LogP contribution < -0.4 is 10.1 Å². The molecule has 4 rings (SSSR count). The highest BCUT2D eigenvalue weighted by molar-refractivity contribution is 6.07. The Hall–Kier alpha value is -4.13. The van der Waals surface area contributed by atoms with Crippen molar-refractivity contribution in [1.82, 2.24) is 5.32 Å². The largest absolute Gasteiger partial charge is 0.488 e. The second-order valence-corrected chi connectivity index (χ2v) is 7.81. The third kappa shape index (κ3) is 5.38. The van der Waals surface area contributed by atoms with Gasteiger partial charge in [-0.25, -0.2) is 0 Å². The maximum absolute atomic E-state index is 13.0. The summed E-state index contributed by atoms with van der Waals surface area (Å²) in [4.78, 5) is 30.1. The molecule has 0 aromatic heterocycles. The number of oxime groups is 1. The van der Waals surface area contributed by atoms with Crippen LogP contribution in [0.15, 0.2) is 90.1 Å². The smallest absolute Gasteiger partial charge is 0.308 e. The monoisotopic (exact) mass is 444 g/mol. The number of nitrogens with one attached hydrogen (secondary N) is 1. The lowest BCUT2D eigenvalue weighted by atomic mass is 9.89. The fourth-order valence-electron chi connectivity index (χ4n) is 3.67. The van der Waals surface area contributed by atoms with E-state index < -0.39 is 23.9 Å². The van der Waals surface area contributed by atoms with E-state index in [1.165, 1.54) is 0 Å². The number of carboxylic acids is 1. The van der Waals surface area contributed by atoms with E-state index in [0.717, 1.165) is 11.1 Å². The van der Waals surface area contributed by atoms with Gasteiger partial charge in [0.05, 0.1) is 12.1 Å². The molecule has 3 aromatic rings. The number of para-hydroxylation sites is 1. The minimum absolute atomic E-state index is 0.0195. The molecule has 168 valence electrons. The number of hydrogen-bond donors (Lipinski definition) is 2. The van der Waals surface area contributed by atoms with Crippen molar-refractivity contribution in [2.45, 2.75) is 31.6 Å². The average Bonchev–Trinajstić information content (AvgIpc) is 3.27. The van der Waals surface area contributed by atoms with Crippen molar-refractivity contribution in [1.29, 1.82) is 0 Å². The number of ether oxygens (including phenoxy) is 1. The SMILES string of the molecule is O=C(O)C[C@]1(C(=O)NCc2ccccc2)CC(c2ccccc2OCc2ccccc2)=NO1. The standard InChI is InChI=1S/C26H24N2O5/c29-24(30)16-26(25(31)27-17-19-9-3-1-4-10-19)15-22(28-33-26)21-13-7-8-14-23(21)32-18-20-11-5-2-6-12-20/h1-14H,15-18H2,(H,27,31)(H,29,30)/t26-/m0/s1. The highest BCUT2D eigenvalue weighted by Gasteiger charge is 2.49. The molecular formula is C26H24N2O5. The Labute approximate surface area is 191 Å². The van der Waals surface area contributed by atoms with E-state index in [-0.39, 0.29) is 13.0 Å². The fourth-order valence-corrected chi connectivity index (χ4v) is 3.67. The quantitative estimate of drug-likeness (QED) is 0.521. The number of nitrogens with zero attached hydrogens (tertiary/aromatic N) is 1. The van der Waals surface area contributed by atoms with Gasteiger partial charge in [-0.15, -0.1) is 0 Å². The van der Waals surface area contributed by atoms with Crippen LogP contribution in [0.4, 0.5) is 0 Å². The molecule has 2 N–H and O–H groups in total. The van der Waals surface area contributed by atoms with Crippen LogP contribution in [-0.2, 0) is 27.6 Å². The Morgan fingerprint density at radius 2 is 1.58 bits per heavy atom. The van der Waals surface area contributed by atoms with Crippen LogP contribution in [0.1, 0.15) is 29.5 Å². The first kappa shape index (κ1) is 22.1.